The van der Waals surface area contributed by atoms with Crippen molar-refractivity contribution < 1.29 is 4.74 Å². The Morgan fingerprint density at radius 1 is 1.00 bits per heavy atom. The third kappa shape index (κ3) is 2.75. The van der Waals surface area contributed by atoms with Gasteiger partial charge in [-0.2, -0.15) is 0 Å². The Labute approximate surface area is 151 Å². The Morgan fingerprint density at radius 2 is 1.85 bits per heavy atom. The van der Waals surface area contributed by atoms with Crippen molar-refractivity contribution in [2.45, 2.75) is 31.8 Å². The van der Waals surface area contributed by atoms with Crippen LogP contribution in [0.5, 0.6) is 5.75 Å². The van der Waals surface area contributed by atoms with Crippen LogP contribution in [0.25, 0.3) is 21.9 Å². The molecule has 1 aliphatic rings. The average molecular weight is 344 g/mol. The molecular weight excluding hydrogens is 324 g/mol. The van der Waals surface area contributed by atoms with E-state index >= 15 is 0 Å². The van der Waals surface area contributed by atoms with Gasteiger partial charge in [0.15, 0.2) is 5.82 Å². The number of rotatable bonds is 4. The van der Waals surface area contributed by atoms with Crippen molar-refractivity contribution >= 4 is 33.4 Å². The molecule has 0 saturated heterocycles. The second kappa shape index (κ2) is 6.33. The van der Waals surface area contributed by atoms with Crippen LogP contribution >= 0.6 is 0 Å². The van der Waals surface area contributed by atoms with Crippen LogP contribution in [0.1, 0.15) is 25.7 Å². The molecule has 1 saturated carbocycles. The minimum absolute atomic E-state index is 0.350. The lowest BCUT2D eigenvalue weighted by Gasteiger charge is -2.12. The highest BCUT2D eigenvalue weighted by atomic mass is 16.5. The second-order valence-electron chi connectivity index (χ2n) is 6.79. The molecule has 4 aromatic rings. The number of nitrogens with one attached hydrogen (secondary N) is 2. The van der Waals surface area contributed by atoms with E-state index in [1.807, 2.05) is 36.4 Å². The molecular formula is C21H20N4O. The number of nitrogens with zero attached hydrogens (tertiary/aromatic N) is 2. The molecule has 0 bridgehead atoms. The summed E-state index contributed by atoms with van der Waals surface area (Å²) in [5, 5.41) is 4.43. The lowest BCUT2D eigenvalue weighted by Crippen LogP contribution is -2.10. The Kier molecular flexibility index (Phi) is 3.70. The molecule has 0 atom stereocenters. The van der Waals surface area contributed by atoms with Crippen LogP contribution in [-0.2, 0) is 0 Å². The summed E-state index contributed by atoms with van der Waals surface area (Å²) in [5.41, 5.74) is 3.85. The van der Waals surface area contributed by atoms with Crippen molar-refractivity contribution in [1.29, 1.82) is 0 Å². The van der Waals surface area contributed by atoms with E-state index in [2.05, 4.69) is 32.4 Å². The van der Waals surface area contributed by atoms with E-state index in [9.17, 15) is 0 Å². The lowest BCUT2D eigenvalue weighted by atomic mass is 10.2. The molecule has 0 aliphatic heterocycles. The summed E-state index contributed by atoms with van der Waals surface area (Å²) in [6.45, 7) is 0. The molecule has 5 heteroatoms. The smallest absolute Gasteiger partial charge is 0.158 e. The van der Waals surface area contributed by atoms with Gasteiger partial charge in [0.25, 0.3) is 0 Å². The van der Waals surface area contributed by atoms with Crippen LogP contribution in [0.4, 0.5) is 11.5 Å². The van der Waals surface area contributed by atoms with Crippen LogP contribution < -0.4 is 10.1 Å². The standard InChI is InChI=1S/C21H20N4O/c1-2-6-14(7-3-1)24-21-20-19(22-13-23-21)17-12-16(10-11-18(17)25-20)26-15-8-4-5-9-15/h1-3,6-7,10-13,15,25H,4-5,8-9H2,(H,22,23,24). The summed E-state index contributed by atoms with van der Waals surface area (Å²) >= 11 is 0. The molecule has 1 fully saturated rings. The molecule has 5 nitrogen and oxygen atoms in total. The normalized spacial score (nSPS) is 14.9. The van der Waals surface area contributed by atoms with Gasteiger partial charge in [-0.25, -0.2) is 9.97 Å². The van der Waals surface area contributed by atoms with Gasteiger partial charge in [0.2, 0.25) is 0 Å². The third-order valence-corrected chi connectivity index (χ3v) is 4.99. The fourth-order valence-electron chi connectivity index (χ4n) is 3.70. The topological polar surface area (TPSA) is 62.8 Å². The molecule has 1 aliphatic carbocycles. The molecule has 5 rings (SSSR count). The number of fused-ring (bicyclic) bond motifs is 3. The monoisotopic (exact) mass is 344 g/mol. The van der Waals surface area contributed by atoms with Crippen LogP contribution in [0.3, 0.4) is 0 Å². The van der Waals surface area contributed by atoms with Gasteiger partial charge in [0.05, 0.1) is 6.10 Å². The first-order chi connectivity index (χ1) is 12.9. The maximum atomic E-state index is 6.15. The number of H-pyrrole nitrogens is 1. The maximum Gasteiger partial charge on any atom is 0.158 e. The summed E-state index contributed by atoms with van der Waals surface area (Å²) in [6, 6.07) is 16.2. The average Bonchev–Trinajstić information content (AvgIpc) is 3.31. The predicted octanol–water partition coefficient (Wildman–Crippen LogP) is 5.18. The first kappa shape index (κ1) is 15.2. The van der Waals surface area contributed by atoms with E-state index in [-0.39, 0.29) is 0 Å². The second-order valence-corrected chi connectivity index (χ2v) is 6.79. The van der Waals surface area contributed by atoms with Gasteiger partial charge in [-0.3, -0.25) is 0 Å². The van der Waals surface area contributed by atoms with E-state index in [4.69, 9.17) is 4.74 Å². The molecule has 0 unspecified atom stereocenters. The summed E-state index contributed by atoms with van der Waals surface area (Å²) in [6.07, 6.45) is 6.79. The summed E-state index contributed by atoms with van der Waals surface area (Å²) in [4.78, 5) is 12.4. The molecule has 0 radical (unpaired) electrons. The Balaban J connectivity index is 1.55. The van der Waals surface area contributed by atoms with Crippen molar-refractivity contribution in [1.82, 2.24) is 15.0 Å². The van der Waals surface area contributed by atoms with Gasteiger partial charge < -0.3 is 15.0 Å². The number of anilines is 2. The van der Waals surface area contributed by atoms with Crippen LogP contribution in [0.2, 0.25) is 0 Å². The molecule has 26 heavy (non-hydrogen) atoms. The quantitative estimate of drug-likeness (QED) is 0.536. The molecule has 0 spiro atoms. The minimum atomic E-state index is 0.350. The SMILES string of the molecule is c1ccc(Nc2ncnc3c2[nH]c2ccc(OC4CCCC4)cc23)cc1. The van der Waals surface area contributed by atoms with Gasteiger partial charge in [0.1, 0.15) is 23.1 Å². The van der Waals surface area contributed by atoms with Crippen molar-refractivity contribution in [2.75, 3.05) is 5.32 Å². The van der Waals surface area contributed by atoms with Gasteiger partial charge >= 0.3 is 0 Å². The highest BCUT2D eigenvalue weighted by Gasteiger charge is 2.17. The minimum Gasteiger partial charge on any atom is -0.490 e. The maximum absolute atomic E-state index is 6.15. The molecule has 0 amide bonds. The molecule has 2 N–H and O–H groups in total. The first-order valence-corrected chi connectivity index (χ1v) is 9.12. The Hall–Kier alpha value is -3.08. The number of para-hydroxylation sites is 1. The zero-order valence-corrected chi connectivity index (χ0v) is 14.4. The van der Waals surface area contributed by atoms with Crippen LogP contribution in [0, 0.1) is 0 Å². The number of hydrogen-bond acceptors (Lipinski definition) is 4. The largest absolute Gasteiger partial charge is 0.490 e. The van der Waals surface area contributed by atoms with Crippen LogP contribution in [-0.4, -0.2) is 21.1 Å². The van der Waals surface area contributed by atoms with Crippen LogP contribution in [0.15, 0.2) is 54.9 Å². The first-order valence-electron chi connectivity index (χ1n) is 9.12. The number of benzene rings is 2. The zero-order chi connectivity index (χ0) is 17.3. The summed E-state index contributed by atoms with van der Waals surface area (Å²) < 4.78 is 6.15. The van der Waals surface area contributed by atoms with Gasteiger partial charge in [-0.15, -0.1) is 0 Å². The zero-order valence-electron chi connectivity index (χ0n) is 14.4. The highest BCUT2D eigenvalue weighted by molar-refractivity contribution is 6.08. The van der Waals surface area contributed by atoms with E-state index in [1.165, 1.54) is 12.8 Å². The van der Waals surface area contributed by atoms with Crippen molar-refractivity contribution in [3.05, 3.63) is 54.9 Å². The summed E-state index contributed by atoms with van der Waals surface area (Å²) in [5.74, 6) is 1.69. The van der Waals surface area contributed by atoms with E-state index < -0.39 is 0 Å². The van der Waals surface area contributed by atoms with Crippen molar-refractivity contribution in [2.24, 2.45) is 0 Å². The fraction of sp³-hybridized carbons (Fsp3) is 0.238. The van der Waals surface area contributed by atoms with Crippen molar-refractivity contribution in [3.63, 3.8) is 0 Å². The van der Waals surface area contributed by atoms with Gasteiger partial charge in [0, 0.05) is 16.6 Å². The van der Waals surface area contributed by atoms with E-state index in [1.54, 1.807) is 6.33 Å². The molecule has 130 valence electrons. The van der Waals surface area contributed by atoms with Gasteiger partial charge in [-0.05, 0) is 56.0 Å². The Bertz CT molecular complexity index is 1050. The predicted molar refractivity (Wildman–Crippen MR) is 104 cm³/mol. The van der Waals surface area contributed by atoms with Gasteiger partial charge in [-0.1, -0.05) is 18.2 Å². The molecule has 2 aromatic carbocycles. The number of aromatic nitrogens is 3. The summed E-state index contributed by atoms with van der Waals surface area (Å²) in [7, 11) is 0. The molecule has 2 heterocycles. The highest BCUT2D eigenvalue weighted by Crippen LogP contribution is 2.32. The number of aromatic amines is 1. The Morgan fingerprint density at radius 3 is 2.69 bits per heavy atom. The van der Waals surface area contributed by atoms with E-state index in [0.717, 1.165) is 52.0 Å². The lowest BCUT2D eigenvalue weighted by molar-refractivity contribution is 0.210. The number of ether oxygens (including phenoxy) is 1. The molecule has 2 aromatic heterocycles. The number of hydrogen-bond donors (Lipinski definition) is 2. The third-order valence-electron chi connectivity index (χ3n) is 4.99. The van der Waals surface area contributed by atoms with Crippen molar-refractivity contribution in [3.8, 4) is 5.75 Å². The fourth-order valence-corrected chi connectivity index (χ4v) is 3.70. The van der Waals surface area contributed by atoms with E-state index in [0.29, 0.717) is 6.10 Å².